The van der Waals surface area contributed by atoms with Crippen LogP contribution in [-0.2, 0) is 22.4 Å². The number of carbonyl (C=O) groups is 2. The van der Waals surface area contributed by atoms with Crippen LogP contribution in [0.25, 0.3) is 0 Å². The molecule has 0 unspecified atom stereocenters. The minimum Gasteiger partial charge on any atom is -0.302 e. The summed E-state index contributed by atoms with van der Waals surface area (Å²) in [5.74, 6) is -0.506. The largest absolute Gasteiger partial charge is 0.302 e. The van der Waals surface area contributed by atoms with E-state index >= 15 is 0 Å². The van der Waals surface area contributed by atoms with Crippen molar-refractivity contribution in [2.24, 2.45) is 0 Å². The average Bonchev–Trinajstić information content (AvgIpc) is 2.60. The molecule has 0 radical (unpaired) electrons. The molecule has 5 nitrogen and oxygen atoms in total. The summed E-state index contributed by atoms with van der Waals surface area (Å²) in [6, 6.07) is 16.7. The molecule has 0 aliphatic heterocycles. The lowest BCUT2D eigenvalue weighted by Gasteiger charge is -2.11. The number of halogens is 1. The van der Waals surface area contributed by atoms with Gasteiger partial charge in [-0.05, 0) is 35.8 Å². The summed E-state index contributed by atoms with van der Waals surface area (Å²) < 4.78 is 0. The first-order valence-corrected chi connectivity index (χ1v) is 8.49. The third-order valence-electron chi connectivity index (χ3n) is 3.36. The highest BCUT2D eigenvalue weighted by molar-refractivity contribution is 7.80. The van der Waals surface area contributed by atoms with E-state index in [4.69, 9.17) is 23.8 Å². The normalized spacial score (nSPS) is 9.96. The van der Waals surface area contributed by atoms with Crippen LogP contribution in [0.4, 0.5) is 0 Å². The highest BCUT2D eigenvalue weighted by atomic mass is 35.5. The van der Waals surface area contributed by atoms with E-state index in [-0.39, 0.29) is 29.8 Å². The van der Waals surface area contributed by atoms with Gasteiger partial charge in [0.2, 0.25) is 11.8 Å². The second-order valence-electron chi connectivity index (χ2n) is 5.30. The molecule has 0 saturated carbocycles. The minimum atomic E-state index is -0.255. The molecule has 0 aromatic heterocycles. The van der Waals surface area contributed by atoms with E-state index in [9.17, 15) is 9.59 Å². The molecule has 0 atom stereocenters. The maximum atomic E-state index is 11.9. The van der Waals surface area contributed by atoms with Crippen molar-refractivity contribution in [2.45, 2.75) is 19.3 Å². The summed E-state index contributed by atoms with van der Waals surface area (Å²) in [7, 11) is 0. The van der Waals surface area contributed by atoms with Crippen molar-refractivity contribution in [2.75, 3.05) is 0 Å². The van der Waals surface area contributed by atoms with Crippen molar-refractivity contribution in [1.29, 1.82) is 0 Å². The maximum Gasteiger partial charge on any atom is 0.242 e. The van der Waals surface area contributed by atoms with Crippen molar-refractivity contribution >= 4 is 40.7 Å². The van der Waals surface area contributed by atoms with Crippen molar-refractivity contribution in [1.82, 2.24) is 16.2 Å². The third kappa shape index (κ3) is 6.91. The molecule has 2 aromatic carbocycles. The van der Waals surface area contributed by atoms with Crippen LogP contribution in [0.3, 0.4) is 0 Å². The fourth-order valence-corrected chi connectivity index (χ4v) is 2.52. The van der Waals surface area contributed by atoms with Gasteiger partial charge >= 0.3 is 0 Å². The van der Waals surface area contributed by atoms with Crippen LogP contribution in [0.15, 0.2) is 54.6 Å². The summed E-state index contributed by atoms with van der Waals surface area (Å²) in [5.41, 5.74) is 6.75. The van der Waals surface area contributed by atoms with Gasteiger partial charge in [-0.2, -0.15) is 0 Å². The number of rotatable bonds is 5. The number of hydrazine groups is 1. The molecule has 0 heterocycles. The number of benzene rings is 2. The molecule has 130 valence electrons. The first-order valence-electron chi connectivity index (χ1n) is 7.70. The van der Waals surface area contributed by atoms with Gasteiger partial charge in [-0.3, -0.25) is 20.4 Å². The second-order valence-corrected chi connectivity index (χ2v) is 6.12. The topological polar surface area (TPSA) is 70.2 Å². The molecule has 0 fully saturated rings. The zero-order valence-electron chi connectivity index (χ0n) is 13.4. The van der Waals surface area contributed by atoms with Crippen LogP contribution in [0, 0.1) is 0 Å². The Kier molecular flexibility index (Phi) is 7.37. The summed E-state index contributed by atoms with van der Waals surface area (Å²) in [5, 5.41) is 3.19. The fourth-order valence-electron chi connectivity index (χ4n) is 2.12. The first kappa shape index (κ1) is 18.9. The molecule has 0 aliphatic carbocycles. The lowest BCUT2D eigenvalue weighted by molar-refractivity contribution is -0.122. The van der Waals surface area contributed by atoms with E-state index in [1.54, 1.807) is 6.07 Å². The van der Waals surface area contributed by atoms with Crippen LogP contribution in [-0.4, -0.2) is 16.9 Å². The smallest absolute Gasteiger partial charge is 0.242 e. The molecule has 0 spiro atoms. The Morgan fingerprint density at radius 1 is 0.920 bits per heavy atom. The van der Waals surface area contributed by atoms with Gasteiger partial charge in [0.05, 0.1) is 6.42 Å². The van der Waals surface area contributed by atoms with Gasteiger partial charge in [0, 0.05) is 11.4 Å². The Morgan fingerprint density at radius 2 is 1.60 bits per heavy atom. The van der Waals surface area contributed by atoms with Crippen LogP contribution < -0.4 is 16.2 Å². The number of nitrogens with one attached hydrogen (secondary N) is 3. The van der Waals surface area contributed by atoms with E-state index < -0.39 is 0 Å². The van der Waals surface area contributed by atoms with Gasteiger partial charge in [-0.1, -0.05) is 60.1 Å². The van der Waals surface area contributed by atoms with Gasteiger partial charge < -0.3 is 5.32 Å². The number of aryl methyl sites for hydroxylation is 1. The van der Waals surface area contributed by atoms with E-state index in [1.165, 1.54) is 0 Å². The summed E-state index contributed by atoms with van der Waals surface area (Å²) in [6.07, 6.45) is 0.967. The van der Waals surface area contributed by atoms with Crippen LogP contribution in [0.2, 0.25) is 5.02 Å². The summed E-state index contributed by atoms with van der Waals surface area (Å²) >= 11 is 11.0. The predicted molar refractivity (Wildman–Crippen MR) is 102 cm³/mol. The second kappa shape index (κ2) is 9.76. The maximum absolute atomic E-state index is 11.9. The Balaban J connectivity index is 1.68. The fraction of sp³-hybridized carbons (Fsp3) is 0.167. The molecule has 25 heavy (non-hydrogen) atoms. The number of hydrogen-bond acceptors (Lipinski definition) is 3. The third-order valence-corrected chi connectivity index (χ3v) is 3.93. The zero-order chi connectivity index (χ0) is 18.1. The van der Waals surface area contributed by atoms with Crippen molar-refractivity contribution < 1.29 is 9.59 Å². The highest BCUT2D eigenvalue weighted by Gasteiger charge is 2.08. The summed E-state index contributed by atoms with van der Waals surface area (Å²) in [6.45, 7) is 0. The quantitative estimate of drug-likeness (QED) is 0.555. The number of thiocarbonyl (C=S) groups is 1. The van der Waals surface area contributed by atoms with Crippen LogP contribution in [0.5, 0.6) is 0 Å². The average molecular weight is 376 g/mol. The number of carbonyl (C=O) groups excluding carboxylic acids is 2. The Morgan fingerprint density at radius 3 is 2.32 bits per heavy atom. The molecule has 3 N–H and O–H groups in total. The van der Waals surface area contributed by atoms with Gasteiger partial charge in [0.15, 0.2) is 5.11 Å². The summed E-state index contributed by atoms with van der Waals surface area (Å²) in [4.78, 5) is 23.7. The molecule has 0 saturated heterocycles. The van der Waals surface area contributed by atoms with Gasteiger partial charge in [-0.15, -0.1) is 0 Å². The Labute approximate surface area is 156 Å². The molecular formula is C18H18ClN3O2S. The standard InChI is InChI=1S/C18H18ClN3O2S/c19-15-9-5-4-8-14(15)10-11-16(23)20-18(25)22-21-17(24)12-13-6-2-1-3-7-13/h1-9H,10-12H2,(H,21,24)(H2,20,22,23,25). The van der Waals surface area contributed by atoms with Crippen molar-refractivity contribution in [3.63, 3.8) is 0 Å². The van der Waals surface area contributed by atoms with Crippen molar-refractivity contribution in [3.05, 3.63) is 70.7 Å². The molecule has 2 aromatic rings. The molecule has 2 rings (SSSR count). The zero-order valence-corrected chi connectivity index (χ0v) is 15.0. The van der Waals surface area contributed by atoms with Crippen molar-refractivity contribution in [3.8, 4) is 0 Å². The molecular weight excluding hydrogens is 358 g/mol. The Bertz CT molecular complexity index is 753. The lowest BCUT2D eigenvalue weighted by atomic mass is 10.1. The van der Waals surface area contributed by atoms with Crippen LogP contribution in [0.1, 0.15) is 17.5 Å². The van der Waals surface area contributed by atoms with E-state index in [1.807, 2.05) is 48.5 Å². The number of amides is 2. The first-order chi connectivity index (χ1) is 12.0. The van der Waals surface area contributed by atoms with Gasteiger partial charge in [-0.25, -0.2) is 0 Å². The van der Waals surface area contributed by atoms with Crippen LogP contribution >= 0.6 is 23.8 Å². The van der Waals surface area contributed by atoms with Gasteiger partial charge in [0.1, 0.15) is 0 Å². The lowest BCUT2D eigenvalue weighted by Crippen LogP contribution is -2.48. The number of hydrogen-bond donors (Lipinski definition) is 3. The van der Waals surface area contributed by atoms with Gasteiger partial charge in [0.25, 0.3) is 0 Å². The molecule has 0 aliphatic rings. The monoisotopic (exact) mass is 375 g/mol. The minimum absolute atomic E-state index is 0.0468. The van der Waals surface area contributed by atoms with E-state index in [2.05, 4.69) is 16.2 Å². The Hall–Kier alpha value is -2.44. The molecule has 7 heteroatoms. The highest BCUT2D eigenvalue weighted by Crippen LogP contribution is 2.16. The van der Waals surface area contributed by atoms with E-state index in [0.717, 1.165) is 11.1 Å². The SMILES string of the molecule is O=C(Cc1ccccc1)NNC(=S)NC(=O)CCc1ccccc1Cl. The molecule has 0 bridgehead atoms. The van der Waals surface area contributed by atoms with E-state index in [0.29, 0.717) is 11.4 Å². The molecule has 2 amide bonds. The predicted octanol–water partition coefficient (Wildman–Crippen LogP) is 2.54.